The number of ether oxygens (including phenoxy) is 2. The van der Waals surface area contributed by atoms with Crippen LogP contribution >= 0.6 is 12.2 Å². The van der Waals surface area contributed by atoms with Crippen LogP contribution in [0.4, 0.5) is 0 Å². The Morgan fingerprint density at radius 1 is 1.21 bits per heavy atom. The van der Waals surface area contributed by atoms with Crippen LogP contribution in [-0.2, 0) is 4.74 Å². The fraction of sp³-hybridized carbons (Fsp3) is 0.529. The number of hydrogen-bond donors (Lipinski definition) is 3. The van der Waals surface area contributed by atoms with Crippen molar-refractivity contribution in [2.75, 3.05) is 20.3 Å². The topological polar surface area (TPSA) is 71.6 Å². The van der Waals surface area contributed by atoms with E-state index in [4.69, 9.17) is 21.7 Å². The molecule has 7 heteroatoms. The van der Waals surface area contributed by atoms with Crippen molar-refractivity contribution < 1.29 is 14.3 Å². The Morgan fingerprint density at radius 3 is 2.54 bits per heavy atom. The molecular formula is C17H27N3O3S. The lowest BCUT2D eigenvalue weighted by atomic mass is 10.2. The first-order chi connectivity index (χ1) is 11.6. The van der Waals surface area contributed by atoms with Crippen molar-refractivity contribution in [3.05, 3.63) is 29.8 Å². The van der Waals surface area contributed by atoms with Gasteiger partial charge in [-0.1, -0.05) is 19.8 Å². The number of benzene rings is 1. The zero-order chi connectivity index (χ0) is 17.8. The van der Waals surface area contributed by atoms with E-state index in [1.807, 2.05) is 6.92 Å². The maximum absolute atomic E-state index is 12.0. The molecular weight excluding hydrogens is 326 g/mol. The van der Waals surface area contributed by atoms with E-state index in [2.05, 4.69) is 23.1 Å². The van der Waals surface area contributed by atoms with Crippen LogP contribution in [0.25, 0.3) is 0 Å². The predicted molar refractivity (Wildman–Crippen MR) is 99.1 cm³/mol. The summed E-state index contributed by atoms with van der Waals surface area (Å²) in [6.45, 7) is 5.30. The molecule has 0 bridgehead atoms. The first kappa shape index (κ1) is 20.2. The van der Waals surface area contributed by atoms with E-state index in [0.717, 1.165) is 25.0 Å². The van der Waals surface area contributed by atoms with E-state index in [0.29, 0.717) is 23.9 Å². The summed E-state index contributed by atoms with van der Waals surface area (Å²) in [6, 6.07) is 7.07. The van der Waals surface area contributed by atoms with Crippen molar-refractivity contribution in [2.45, 2.75) is 39.2 Å². The van der Waals surface area contributed by atoms with Crippen molar-refractivity contribution in [3.8, 4) is 5.75 Å². The van der Waals surface area contributed by atoms with E-state index in [1.54, 1.807) is 31.4 Å². The molecule has 0 heterocycles. The molecule has 0 aliphatic rings. The number of thiocarbonyl (C=S) groups is 1. The van der Waals surface area contributed by atoms with E-state index >= 15 is 0 Å². The molecule has 0 aliphatic heterocycles. The fourth-order valence-electron chi connectivity index (χ4n) is 1.98. The fourth-order valence-corrected chi connectivity index (χ4v) is 2.23. The van der Waals surface area contributed by atoms with Crippen LogP contribution < -0.4 is 20.9 Å². The van der Waals surface area contributed by atoms with E-state index in [1.165, 1.54) is 0 Å². The molecule has 0 saturated carbocycles. The van der Waals surface area contributed by atoms with Crippen LogP contribution in [-0.4, -0.2) is 37.4 Å². The number of hydrogen-bond acceptors (Lipinski definition) is 4. The second-order valence-electron chi connectivity index (χ2n) is 5.49. The molecule has 0 radical (unpaired) electrons. The van der Waals surface area contributed by atoms with Crippen molar-refractivity contribution in [1.82, 2.24) is 16.2 Å². The number of carbonyl (C=O) groups excluding carboxylic acids is 1. The lowest BCUT2D eigenvalue weighted by molar-refractivity contribution is 0.0943. The molecule has 1 amide bonds. The van der Waals surface area contributed by atoms with Crippen LogP contribution in [0.15, 0.2) is 24.3 Å². The third kappa shape index (κ3) is 8.12. The summed E-state index contributed by atoms with van der Waals surface area (Å²) in [4.78, 5) is 12.0. The summed E-state index contributed by atoms with van der Waals surface area (Å²) in [6.07, 6.45) is 3.36. The molecule has 1 aromatic rings. The zero-order valence-electron chi connectivity index (χ0n) is 14.6. The molecule has 0 fully saturated rings. The lowest BCUT2D eigenvalue weighted by Crippen LogP contribution is -2.49. The average Bonchev–Trinajstić information content (AvgIpc) is 2.57. The molecule has 0 saturated heterocycles. The van der Waals surface area contributed by atoms with Crippen LogP contribution in [0.3, 0.4) is 0 Å². The molecule has 0 spiro atoms. The Balaban J connectivity index is 2.35. The van der Waals surface area contributed by atoms with Crippen LogP contribution in [0.5, 0.6) is 5.75 Å². The second-order valence-corrected chi connectivity index (χ2v) is 5.90. The Morgan fingerprint density at radius 2 is 1.92 bits per heavy atom. The Bertz CT molecular complexity index is 508. The number of rotatable bonds is 9. The smallest absolute Gasteiger partial charge is 0.269 e. The van der Waals surface area contributed by atoms with Crippen LogP contribution in [0, 0.1) is 0 Å². The van der Waals surface area contributed by atoms with Gasteiger partial charge in [0.1, 0.15) is 5.75 Å². The van der Waals surface area contributed by atoms with Gasteiger partial charge >= 0.3 is 0 Å². The van der Waals surface area contributed by atoms with Gasteiger partial charge in [0.2, 0.25) is 0 Å². The summed E-state index contributed by atoms with van der Waals surface area (Å²) in [7, 11) is 1.62. The lowest BCUT2D eigenvalue weighted by Gasteiger charge is -2.16. The van der Waals surface area contributed by atoms with Gasteiger partial charge in [-0.15, -0.1) is 0 Å². The maximum Gasteiger partial charge on any atom is 0.269 e. The standard InChI is InChI=1S/C17H27N3O3S/c1-4-5-6-11-23-15-9-7-14(8-10-15)16(21)19-20-17(24)18-13(2)12-22-3/h7-10,13H,4-6,11-12H2,1-3H3,(H,19,21)(H2,18,20,24)/t13-/m1/s1. The summed E-state index contributed by atoms with van der Waals surface area (Å²) >= 11 is 5.09. The SMILES string of the molecule is CCCCCOc1ccc(C(=O)NNC(=S)N[C@H](C)COC)cc1. The number of methoxy groups -OCH3 is 1. The molecule has 3 N–H and O–H groups in total. The van der Waals surface area contributed by atoms with E-state index < -0.39 is 0 Å². The third-order valence-electron chi connectivity index (χ3n) is 3.22. The molecule has 0 unspecified atom stereocenters. The number of carbonyl (C=O) groups is 1. The average molecular weight is 353 g/mol. The summed E-state index contributed by atoms with van der Waals surface area (Å²) in [5.41, 5.74) is 5.74. The Kier molecular flexibility index (Phi) is 9.79. The van der Waals surface area contributed by atoms with Gasteiger partial charge in [0.15, 0.2) is 5.11 Å². The monoisotopic (exact) mass is 353 g/mol. The summed E-state index contributed by atoms with van der Waals surface area (Å²) in [5, 5.41) is 3.33. The highest BCUT2D eigenvalue weighted by molar-refractivity contribution is 7.80. The highest BCUT2D eigenvalue weighted by atomic mass is 32.1. The molecule has 1 aromatic carbocycles. The number of hydrazine groups is 1. The van der Waals surface area contributed by atoms with Crippen LogP contribution in [0.2, 0.25) is 0 Å². The van der Waals surface area contributed by atoms with Gasteiger partial charge in [0.05, 0.1) is 13.2 Å². The quantitative estimate of drug-likeness (QED) is 0.360. The minimum atomic E-state index is -0.268. The second kappa shape index (κ2) is 11.6. The van der Waals surface area contributed by atoms with Gasteiger partial charge in [0.25, 0.3) is 5.91 Å². The number of unbranched alkanes of at least 4 members (excludes halogenated alkanes) is 2. The highest BCUT2D eigenvalue weighted by Gasteiger charge is 2.07. The Hall–Kier alpha value is -1.86. The van der Waals surface area contributed by atoms with Crippen LogP contribution in [0.1, 0.15) is 43.5 Å². The van der Waals surface area contributed by atoms with Crippen molar-refractivity contribution in [1.29, 1.82) is 0 Å². The number of nitrogens with one attached hydrogen (secondary N) is 3. The normalized spacial score (nSPS) is 11.5. The van der Waals surface area contributed by atoms with Gasteiger partial charge in [-0.3, -0.25) is 15.6 Å². The van der Waals surface area contributed by atoms with Gasteiger partial charge in [0, 0.05) is 18.7 Å². The first-order valence-corrected chi connectivity index (χ1v) is 8.56. The highest BCUT2D eigenvalue weighted by Crippen LogP contribution is 2.12. The largest absolute Gasteiger partial charge is 0.494 e. The van der Waals surface area contributed by atoms with Gasteiger partial charge in [-0.2, -0.15) is 0 Å². The summed E-state index contributed by atoms with van der Waals surface area (Å²) < 4.78 is 10.6. The summed E-state index contributed by atoms with van der Waals surface area (Å²) in [5.74, 6) is 0.497. The molecule has 1 atom stereocenters. The van der Waals surface area contributed by atoms with Crippen molar-refractivity contribution >= 4 is 23.2 Å². The molecule has 6 nitrogen and oxygen atoms in total. The van der Waals surface area contributed by atoms with E-state index in [9.17, 15) is 4.79 Å². The van der Waals surface area contributed by atoms with Gasteiger partial charge < -0.3 is 14.8 Å². The molecule has 1 rings (SSSR count). The van der Waals surface area contributed by atoms with E-state index in [-0.39, 0.29) is 11.9 Å². The molecule has 0 aliphatic carbocycles. The maximum atomic E-state index is 12.0. The van der Waals surface area contributed by atoms with Crippen molar-refractivity contribution in [2.24, 2.45) is 0 Å². The number of amides is 1. The Labute approximate surface area is 149 Å². The molecule has 134 valence electrons. The van der Waals surface area contributed by atoms with Gasteiger partial charge in [-0.05, 0) is 49.8 Å². The molecule has 0 aromatic heterocycles. The molecule has 24 heavy (non-hydrogen) atoms. The first-order valence-electron chi connectivity index (χ1n) is 8.15. The van der Waals surface area contributed by atoms with Crippen molar-refractivity contribution in [3.63, 3.8) is 0 Å². The zero-order valence-corrected chi connectivity index (χ0v) is 15.4. The van der Waals surface area contributed by atoms with Gasteiger partial charge in [-0.25, -0.2) is 0 Å². The third-order valence-corrected chi connectivity index (χ3v) is 3.44. The predicted octanol–water partition coefficient (Wildman–Crippen LogP) is 2.40. The minimum Gasteiger partial charge on any atom is -0.494 e. The minimum absolute atomic E-state index is 0.0519.